The number of anilines is 2. The number of halogens is 2. The molecule has 1 aromatic heterocycles. The quantitative estimate of drug-likeness (QED) is 0.301. The second-order valence-corrected chi connectivity index (χ2v) is 12.8. The molecule has 14 heteroatoms. The third-order valence-electron chi connectivity index (χ3n) is 5.20. The second-order valence-electron chi connectivity index (χ2n) is 7.75. The first kappa shape index (κ1) is 26.5. The molecule has 188 valence electrons. The Kier molecular flexibility index (Phi) is 7.64. The molecule has 36 heavy (non-hydrogen) atoms. The topological polar surface area (TPSA) is 138 Å². The van der Waals surface area contributed by atoms with Crippen LogP contribution in [0.15, 0.2) is 52.7 Å². The first-order valence-corrected chi connectivity index (χ1v) is 14.4. The van der Waals surface area contributed by atoms with Gasteiger partial charge in [-0.15, -0.1) is 11.3 Å². The number of rotatable bonds is 8. The normalized spacial score (nSPS) is 14.5. The summed E-state index contributed by atoms with van der Waals surface area (Å²) in [6, 6.07) is 11.4. The van der Waals surface area contributed by atoms with Crippen molar-refractivity contribution < 1.29 is 31.6 Å². The maximum absolute atomic E-state index is 13.1. The zero-order valence-corrected chi connectivity index (χ0v) is 22.0. The third kappa shape index (κ3) is 5.69. The van der Waals surface area contributed by atoms with E-state index in [9.17, 15) is 27.0 Å². The molecule has 0 spiro atoms. The standard InChI is InChI=1S/C22H16Cl2N2O7S3/c23-17-8-12(7-15(27)11-36(32,33)21-6-5-19(24)34-21)1-4-18(17)26-20(28)9-13-2-3-14(25-35(30)31)10-16(13)22(26)29/h1-6,8,10,25H,7,9,11H2,(H,30,31). The summed E-state index contributed by atoms with van der Waals surface area (Å²) in [5, 5.41) is 0.0177. The fourth-order valence-electron chi connectivity index (χ4n) is 3.68. The van der Waals surface area contributed by atoms with Crippen LogP contribution in [0.5, 0.6) is 0 Å². The van der Waals surface area contributed by atoms with Gasteiger partial charge in [-0.25, -0.2) is 17.5 Å². The van der Waals surface area contributed by atoms with Crippen molar-refractivity contribution in [1.29, 1.82) is 0 Å². The molecule has 2 amide bonds. The number of sulfone groups is 1. The smallest absolute Gasteiger partial charge is 0.265 e. The number of thiophene rings is 1. The molecule has 0 fully saturated rings. The van der Waals surface area contributed by atoms with E-state index >= 15 is 0 Å². The first-order chi connectivity index (χ1) is 16.9. The Bertz CT molecular complexity index is 1540. The van der Waals surface area contributed by atoms with E-state index in [0.29, 0.717) is 15.5 Å². The average Bonchev–Trinajstić information content (AvgIpc) is 3.22. The lowest BCUT2D eigenvalue weighted by Crippen LogP contribution is -2.42. The highest BCUT2D eigenvalue weighted by atomic mass is 35.5. The van der Waals surface area contributed by atoms with Crippen molar-refractivity contribution in [3.63, 3.8) is 0 Å². The van der Waals surface area contributed by atoms with E-state index in [0.717, 1.165) is 16.2 Å². The van der Waals surface area contributed by atoms with Gasteiger partial charge in [0.15, 0.2) is 15.6 Å². The fraction of sp³-hybridized carbons (Fsp3) is 0.136. The van der Waals surface area contributed by atoms with Crippen molar-refractivity contribution >= 4 is 84.6 Å². The molecule has 0 radical (unpaired) electrons. The molecule has 2 aromatic carbocycles. The van der Waals surface area contributed by atoms with E-state index in [4.69, 9.17) is 27.8 Å². The molecule has 3 aromatic rings. The SMILES string of the molecule is O=C(Cc1ccc(N2C(=O)Cc3ccc(NS(=O)O)cc3C2=O)c(Cl)c1)CS(=O)(=O)c1ccc(Cl)s1. The van der Waals surface area contributed by atoms with E-state index in [1.165, 1.54) is 48.5 Å². The summed E-state index contributed by atoms with van der Waals surface area (Å²) in [5.74, 6) is -2.47. The Hall–Kier alpha value is -2.61. The van der Waals surface area contributed by atoms with E-state index in [-0.39, 0.29) is 39.0 Å². The predicted molar refractivity (Wildman–Crippen MR) is 138 cm³/mol. The lowest BCUT2D eigenvalue weighted by atomic mass is 9.97. The summed E-state index contributed by atoms with van der Waals surface area (Å²) >= 11 is 10.7. The minimum atomic E-state index is -3.83. The van der Waals surface area contributed by atoms with Crippen molar-refractivity contribution in [2.75, 3.05) is 15.4 Å². The zero-order valence-electron chi connectivity index (χ0n) is 18.1. The number of carbonyl (C=O) groups is 3. The van der Waals surface area contributed by atoms with Gasteiger partial charge in [-0.2, -0.15) is 0 Å². The molecule has 0 bridgehead atoms. The second kappa shape index (κ2) is 10.4. The molecule has 9 nitrogen and oxygen atoms in total. The van der Waals surface area contributed by atoms with Crippen molar-refractivity contribution in [3.8, 4) is 0 Å². The number of fused-ring (bicyclic) bond motifs is 1. The van der Waals surface area contributed by atoms with Gasteiger partial charge in [0, 0.05) is 17.7 Å². The van der Waals surface area contributed by atoms with E-state index in [1.54, 1.807) is 0 Å². The van der Waals surface area contributed by atoms with Crippen LogP contribution in [0.3, 0.4) is 0 Å². The van der Waals surface area contributed by atoms with Gasteiger partial charge in [-0.3, -0.25) is 23.7 Å². The summed E-state index contributed by atoms with van der Waals surface area (Å²) in [4.78, 5) is 39.2. The minimum Gasteiger partial charge on any atom is -0.298 e. The summed E-state index contributed by atoms with van der Waals surface area (Å²) in [6.07, 6.45) is -0.318. The Labute approximate surface area is 222 Å². The Morgan fingerprint density at radius 1 is 1.11 bits per heavy atom. The highest BCUT2D eigenvalue weighted by Gasteiger charge is 2.33. The fourth-order valence-corrected chi connectivity index (χ4v) is 7.11. The van der Waals surface area contributed by atoms with Crippen molar-refractivity contribution in [3.05, 3.63) is 74.6 Å². The van der Waals surface area contributed by atoms with Crippen LogP contribution in [0.1, 0.15) is 21.5 Å². The van der Waals surface area contributed by atoms with E-state index < -0.39 is 44.5 Å². The maximum Gasteiger partial charge on any atom is 0.265 e. The molecule has 0 saturated carbocycles. The molecule has 4 rings (SSSR count). The van der Waals surface area contributed by atoms with Gasteiger partial charge >= 0.3 is 0 Å². The van der Waals surface area contributed by atoms with Crippen molar-refractivity contribution in [2.45, 2.75) is 17.1 Å². The van der Waals surface area contributed by atoms with Gasteiger partial charge in [-0.1, -0.05) is 35.3 Å². The lowest BCUT2D eigenvalue weighted by molar-refractivity contribution is -0.118. The van der Waals surface area contributed by atoms with Crippen LogP contribution >= 0.6 is 34.5 Å². The lowest BCUT2D eigenvalue weighted by Gasteiger charge is -2.28. The highest BCUT2D eigenvalue weighted by molar-refractivity contribution is 7.94. The van der Waals surface area contributed by atoms with Crippen LogP contribution in [0.4, 0.5) is 11.4 Å². The van der Waals surface area contributed by atoms with Crippen molar-refractivity contribution in [2.24, 2.45) is 0 Å². The van der Waals surface area contributed by atoms with Crippen LogP contribution in [-0.4, -0.2) is 40.5 Å². The van der Waals surface area contributed by atoms with Gasteiger partial charge in [0.1, 0.15) is 9.96 Å². The first-order valence-electron chi connectivity index (χ1n) is 10.1. The summed E-state index contributed by atoms with van der Waals surface area (Å²) in [5.41, 5.74) is 1.35. The predicted octanol–water partition coefficient (Wildman–Crippen LogP) is 3.92. The summed E-state index contributed by atoms with van der Waals surface area (Å²) < 4.78 is 47.5. The van der Waals surface area contributed by atoms with Gasteiger partial charge in [0.2, 0.25) is 5.91 Å². The summed E-state index contributed by atoms with van der Waals surface area (Å²) in [6.45, 7) is 0. The number of benzene rings is 2. The molecule has 1 unspecified atom stereocenters. The Morgan fingerprint density at radius 3 is 2.50 bits per heavy atom. The molecule has 0 saturated heterocycles. The van der Waals surface area contributed by atoms with Crippen LogP contribution in [0.25, 0.3) is 0 Å². The van der Waals surface area contributed by atoms with Gasteiger partial charge in [-0.05, 0) is 47.5 Å². The number of amides is 2. The van der Waals surface area contributed by atoms with Crippen LogP contribution in [-0.2, 0) is 43.5 Å². The van der Waals surface area contributed by atoms with Crippen molar-refractivity contribution in [1.82, 2.24) is 0 Å². The molecule has 1 aliphatic rings. The van der Waals surface area contributed by atoms with Crippen LogP contribution in [0, 0.1) is 0 Å². The van der Waals surface area contributed by atoms with E-state index in [1.807, 2.05) is 0 Å². The number of hydrogen-bond donors (Lipinski definition) is 2. The molecule has 2 heterocycles. The molecule has 2 N–H and O–H groups in total. The number of Topliss-reactive ketones (excluding diaryl/α,β-unsaturated/α-hetero) is 1. The number of hydrogen-bond acceptors (Lipinski definition) is 7. The monoisotopic (exact) mass is 586 g/mol. The Balaban J connectivity index is 1.53. The van der Waals surface area contributed by atoms with Gasteiger partial charge < -0.3 is 0 Å². The third-order valence-corrected chi connectivity index (χ3v) is 9.40. The Morgan fingerprint density at radius 2 is 1.86 bits per heavy atom. The zero-order chi connectivity index (χ0) is 26.2. The molecule has 1 atom stereocenters. The van der Waals surface area contributed by atoms with E-state index in [2.05, 4.69) is 4.72 Å². The van der Waals surface area contributed by atoms with Crippen LogP contribution in [0.2, 0.25) is 9.36 Å². The minimum absolute atomic E-state index is 0.000206. The van der Waals surface area contributed by atoms with Gasteiger partial charge in [0.05, 0.1) is 21.5 Å². The number of nitrogens with zero attached hydrogens (tertiary/aromatic N) is 1. The number of nitrogens with one attached hydrogen (secondary N) is 1. The molecule has 1 aliphatic heterocycles. The number of imide groups is 1. The van der Waals surface area contributed by atoms with Gasteiger partial charge in [0.25, 0.3) is 17.2 Å². The largest absolute Gasteiger partial charge is 0.298 e. The number of carbonyl (C=O) groups excluding carboxylic acids is 3. The van der Waals surface area contributed by atoms with Crippen LogP contribution < -0.4 is 9.62 Å². The molecular formula is C22H16Cl2N2O7S3. The molecule has 0 aliphatic carbocycles. The maximum atomic E-state index is 13.1. The number of ketones is 1. The molecular weight excluding hydrogens is 571 g/mol. The highest BCUT2D eigenvalue weighted by Crippen LogP contribution is 2.33. The average molecular weight is 587 g/mol. The summed E-state index contributed by atoms with van der Waals surface area (Å²) in [7, 11) is -3.83.